The first-order valence-corrected chi connectivity index (χ1v) is 8.53. The van der Waals surface area contributed by atoms with Gasteiger partial charge >= 0.3 is 6.03 Å². The van der Waals surface area contributed by atoms with Crippen LogP contribution >= 0.6 is 0 Å². The number of carbonyl (C=O) groups is 1. The van der Waals surface area contributed by atoms with Gasteiger partial charge in [0, 0.05) is 40.3 Å². The van der Waals surface area contributed by atoms with Crippen molar-refractivity contribution >= 4 is 22.5 Å². The summed E-state index contributed by atoms with van der Waals surface area (Å²) in [5.41, 5.74) is 4.14. The van der Waals surface area contributed by atoms with Gasteiger partial charge in [0.2, 0.25) is 0 Å². The van der Waals surface area contributed by atoms with Gasteiger partial charge in [0.15, 0.2) is 0 Å². The van der Waals surface area contributed by atoms with Crippen LogP contribution in [0.3, 0.4) is 0 Å². The number of H-pyrrole nitrogens is 1. The second-order valence-electron chi connectivity index (χ2n) is 6.47. The zero-order valence-corrected chi connectivity index (χ0v) is 14.4. The van der Waals surface area contributed by atoms with Crippen molar-refractivity contribution in [3.05, 3.63) is 41.6 Å². The van der Waals surface area contributed by atoms with E-state index in [0.717, 1.165) is 27.6 Å². The highest BCUT2D eigenvalue weighted by Gasteiger charge is 2.34. The lowest BCUT2D eigenvalue weighted by Crippen LogP contribution is -2.52. The lowest BCUT2D eigenvalue weighted by molar-refractivity contribution is -0.0828. The quantitative estimate of drug-likeness (QED) is 0.841. The summed E-state index contributed by atoms with van der Waals surface area (Å²) in [6.07, 6.45) is 4.59. The van der Waals surface area contributed by atoms with Gasteiger partial charge in [-0.2, -0.15) is 0 Å². The number of rotatable bonds is 3. The Morgan fingerprint density at radius 3 is 3.20 bits per heavy atom. The van der Waals surface area contributed by atoms with Crippen molar-refractivity contribution in [2.24, 2.45) is 0 Å². The van der Waals surface area contributed by atoms with Gasteiger partial charge in [-0.1, -0.05) is 18.2 Å². The molecule has 1 aliphatic carbocycles. The number of benzene rings is 1. The topological polar surface area (TPSA) is 60.6 Å². The van der Waals surface area contributed by atoms with E-state index in [1.165, 1.54) is 17.1 Å². The van der Waals surface area contributed by atoms with Gasteiger partial charge in [-0.25, -0.2) is 9.86 Å². The Balaban J connectivity index is 1.75. The Morgan fingerprint density at radius 1 is 1.56 bits per heavy atom. The fourth-order valence-electron chi connectivity index (χ4n) is 3.92. The van der Waals surface area contributed by atoms with Crippen LogP contribution in [0.15, 0.2) is 30.5 Å². The van der Waals surface area contributed by atoms with E-state index in [1.54, 1.807) is 0 Å². The van der Waals surface area contributed by atoms with Crippen LogP contribution < -0.4 is 5.32 Å². The van der Waals surface area contributed by atoms with E-state index in [1.807, 2.05) is 37.4 Å². The van der Waals surface area contributed by atoms with Crippen LogP contribution in [0.4, 0.5) is 4.79 Å². The van der Waals surface area contributed by atoms with E-state index in [0.29, 0.717) is 13.0 Å². The molecule has 2 N–H and O–H groups in total. The molecule has 0 saturated carbocycles. The molecule has 2 amide bonds. The third-order valence-corrected chi connectivity index (χ3v) is 5.06. The van der Waals surface area contributed by atoms with Crippen molar-refractivity contribution in [2.45, 2.75) is 25.4 Å². The van der Waals surface area contributed by atoms with Gasteiger partial charge in [0.1, 0.15) is 0 Å². The normalized spacial score (nSPS) is 24.7. The summed E-state index contributed by atoms with van der Waals surface area (Å²) in [5.74, 6) is 0. The molecule has 0 bridgehead atoms. The second kappa shape index (κ2) is 6.20. The number of likely N-dealkylation sites (N-methyl/N-ethyl adjacent to an activating group) is 1. The Bertz CT molecular complexity index is 933. The number of fused-ring (bicyclic) bond motifs is 2. The first-order chi connectivity index (χ1) is 13.3. The second-order valence-corrected chi connectivity index (χ2v) is 6.47. The minimum absolute atomic E-state index is 0.216. The Labute approximate surface area is 151 Å². The molecule has 2 heterocycles. The monoisotopic (exact) mass is 343 g/mol. The number of aromatic amines is 1. The molecular weight excluding hydrogens is 316 g/mol. The molecular formula is C19H24N4O2. The van der Waals surface area contributed by atoms with E-state index in [-0.39, 0.29) is 18.6 Å². The van der Waals surface area contributed by atoms with E-state index in [2.05, 4.69) is 10.3 Å². The van der Waals surface area contributed by atoms with Crippen molar-refractivity contribution in [3.8, 4) is 0 Å². The molecule has 25 heavy (non-hydrogen) atoms. The zero-order chi connectivity index (χ0) is 20.1. The number of hydrogen-bond donors (Lipinski definition) is 2. The molecule has 2 aliphatic rings. The minimum Gasteiger partial charge on any atom is -0.361 e. The van der Waals surface area contributed by atoms with Crippen LogP contribution in [-0.4, -0.2) is 60.2 Å². The lowest BCUT2D eigenvalue weighted by atomic mass is 9.81. The van der Waals surface area contributed by atoms with Crippen LogP contribution in [-0.2, 0) is 11.3 Å². The summed E-state index contributed by atoms with van der Waals surface area (Å²) in [7, 11) is 1.43. The van der Waals surface area contributed by atoms with Gasteiger partial charge in [-0.05, 0) is 43.1 Å². The van der Waals surface area contributed by atoms with Gasteiger partial charge in [0.05, 0.1) is 13.2 Å². The fraction of sp³-hybridized carbons (Fsp3) is 0.421. The van der Waals surface area contributed by atoms with E-state index in [9.17, 15) is 4.79 Å². The van der Waals surface area contributed by atoms with Gasteiger partial charge in [-0.3, -0.25) is 9.74 Å². The average Bonchev–Trinajstić information content (AvgIpc) is 3.06. The summed E-state index contributed by atoms with van der Waals surface area (Å²) >= 11 is 0. The Morgan fingerprint density at radius 2 is 2.44 bits per heavy atom. The maximum atomic E-state index is 12.4. The minimum atomic E-state index is -2.26. The largest absolute Gasteiger partial charge is 0.361 e. The Hall–Kier alpha value is -2.31. The third-order valence-electron chi connectivity index (χ3n) is 5.06. The molecule has 6 heteroatoms. The molecule has 4 rings (SSSR count). The molecule has 132 valence electrons. The number of amides is 2. The summed E-state index contributed by atoms with van der Waals surface area (Å²) in [4.78, 5) is 22.3. The maximum absolute atomic E-state index is 12.4. The lowest BCUT2D eigenvalue weighted by Gasteiger charge is -2.40. The van der Waals surface area contributed by atoms with Crippen LogP contribution in [0, 0.1) is 0 Å². The van der Waals surface area contributed by atoms with Gasteiger partial charge < -0.3 is 10.3 Å². The molecule has 1 unspecified atom stereocenters. The zero-order valence-electron chi connectivity index (χ0n) is 17.4. The molecule has 0 fully saturated rings. The third kappa shape index (κ3) is 2.62. The summed E-state index contributed by atoms with van der Waals surface area (Å²) in [6.45, 7) is 0.152. The first kappa shape index (κ1) is 13.0. The number of carbonyl (C=O) groups excluding carboxylic acids is 1. The maximum Gasteiger partial charge on any atom is 0.341 e. The summed E-state index contributed by atoms with van der Waals surface area (Å²) < 4.78 is 24.1. The number of urea groups is 1. The number of nitrogens with one attached hydrogen (secondary N) is 2. The number of hydrogen-bond acceptors (Lipinski definition) is 3. The molecule has 2 atom stereocenters. The predicted octanol–water partition coefficient (Wildman–Crippen LogP) is 2.38. The average molecular weight is 343 g/mol. The van der Waals surface area contributed by atoms with Crippen LogP contribution in [0.5, 0.6) is 0 Å². The number of hydroxylamine groups is 2. The molecule has 2 aromatic rings. The number of aromatic nitrogens is 1. The summed E-state index contributed by atoms with van der Waals surface area (Å²) in [5, 5.41) is 5.23. The van der Waals surface area contributed by atoms with E-state index < -0.39 is 13.0 Å². The van der Waals surface area contributed by atoms with Crippen LogP contribution in [0.1, 0.15) is 22.2 Å². The summed E-state index contributed by atoms with van der Waals surface area (Å²) in [6, 6.07) is 4.94. The highest BCUT2D eigenvalue weighted by molar-refractivity contribution is 5.98. The van der Waals surface area contributed by atoms with Crippen LogP contribution in [0.25, 0.3) is 16.5 Å². The predicted molar refractivity (Wildman–Crippen MR) is 98.1 cm³/mol. The molecule has 1 aromatic carbocycles. The standard InChI is InChI=1S/C19H24N4O2/c1-4-23(25-3)19(24)21-13-9-15-14-6-5-7-16-18(14)12(10-20-16)8-17(15)22(2)11-13/h5-7,9-10,13,17,20H,4,8,11H2,1-3H3,(H,21,24)/t13-,17?/m1/s1/i2D3. The SMILES string of the molecule is [2H]C([2H])([2H])N1C[C@H](NC(=O)N(CC)OC)C=C2c3cccc4[nH]cc(c34)CC21. The molecule has 0 saturated heterocycles. The van der Waals surface area contributed by atoms with Crippen molar-refractivity contribution in [1.82, 2.24) is 20.3 Å². The first-order valence-electron chi connectivity index (χ1n) is 10.0. The molecule has 1 aromatic heterocycles. The van der Waals surface area contributed by atoms with Gasteiger partial charge in [-0.15, -0.1) is 0 Å². The van der Waals surface area contributed by atoms with Crippen molar-refractivity contribution < 1.29 is 13.7 Å². The Kier molecular flexibility index (Phi) is 3.22. The smallest absolute Gasteiger partial charge is 0.341 e. The van der Waals surface area contributed by atoms with Crippen molar-refractivity contribution in [1.29, 1.82) is 0 Å². The van der Waals surface area contributed by atoms with E-state index in [4.69, 9.17) is 8.95 Å². The number of nitrogens with zero attached hydrogens (tertiary/aromatic N) is 2. The fourth-order valence-corrected chi connectivity index (χ4v) is 3.92. The van der Waals surface area contributed by atoms with Crippen LogP contribution in [0.2, 0.25) is 0 Å². The van der Waals surface area contributed by atoms with Gasteiger partial charge in [0.25, 0.3) is 0 Å². The molecule has 1 aliphatic heterocycles. The highest BCUT2D eigenvalue weighted by Crippen LogP contribution is 2.39. The highest BCUT2D eigenvalue weighted by atomic mass is 16.7. The van der Waals surface area contributed by atoms with Crippen molar-refractivity contribution in [2.75, 3.05) is 27.2 Å². The molecule has 0 spiro atoms. The molecule has 0 radical (unpaired) electrons. The molecule has 6 nitrogen and oxygen atoms in total. The van der Waals surface area contributed by atoms with E-state index >= 15 is 0 Å². The van der Waals surface area contributed by atoms with Crippen molar-refractivity contribution in [3.63, 3.8) is 0 Å².